The molecule has 0 saturated carbocycles. The van der Waals surface area contributed by atoms with E-state index in [4.69, 9.17) is 5.73 Å². The van der Waals surface area contributed by atoms with Gasteiger partial charge in [-0.15, -0.1) is 11.3 Å². The highest BCUT2D eigenvalue weighted by Crippen LogP contribution is 2.30. The number of aryl methyl sites for hydroxylation is 2. The van der Waals surface area contributed by atoms with Crippen LogP contribution in [0, 0.1) is 13.8 Å². The van der Waals surface area contributed by atoms with Crippen molar-refractivity contribution < 1.29 is 0 Å². The number of benzene rings is 1. The van der Waals surface area contributed by atoms with Crippen LogP contribution in [-0.4, -0.2) is 6.54 Å². The maximum atomic E-state index is 5.43. The fourth-order valence-corrected chi connectivity index (χ4v) is 2.79. The van der Waals surface area contributed by atoms with E-state index >= 15 is 0 Å². The Balaban J connectivity index is 2.52. The van der Waals surface area contributed by atoms with Gasteiger partial charge in [-0.2, -0.15) is 0 Å². The van der Waals surface area contributed by atoms with E-state index in [1.54, 1.807) is 0 Å². The van der Waals surface area contributed by atoms with Gasteiger partial charge in [0, 0.05) is 16.1 Å². The Labute approximate surface area is 94.2 Å². The van der Waals surface area contributed by atoms with Crippen LogP contribution >= 0.6 is 11.3 Å². The van der Waals surface area contributed by atoms with Crippen LogP contribution in [-0.2, 0) is 0 Å². The van der Waals surface area contributed by atoms with Crippen molar-refractivity contribution in [3.63, 3.8) is 0 Å². The van der Waals surface area contributed by atoms with Crippen LogP contribution in [0.2, 0.25) is 0 Å². The van der Waals surface area contributed by atoms with Gasteiger partial charge in [-0.25, -0.2) is 0 Å². The molecule has 2 N–H and O–H groups in total. The number of rotatable bonds is 2. The molecule has 15 heavy (non-hydrogen) atoms. The Kier molecular flexibility index (Phi) is 2.89. The van der Waals surface area contributed by atoms with Crippen molar-refractivity contribution >= 4 is 27.5 Å². The second-order valence-corrected chi connectivity index (χ2v) is 4.93. The summed E-state index contributed by atoms with van der Waals surface area (Å²) in [5, 5.41) is 1.38. The van der Waals surface area contributed by atoms with Crippen LogP contribution in [0.25, 0.3) is 16.2 Å². The van der Waals surface area contributed by atoms with Crippen molar-refractivity contribution in [2.75, 3.05) is 6.54 Å². The minimum absolute atomic E-state index is 0.598. The van der Waals surface area contributed by atoms with Gasteiger partial charge in [-0.05, 0) is 36.4 Å². The van der Waals surface area contributed by atoms with Crippen molar-refractivity contribution in [1.29, 1.82) is 0 Å². The molecule has 2 heteroatoms. The molecule has 0 amide bonds. The summed E-state index contributed by atoms with van der Waals surface area (Å²) >= 11 is 1.86. The predicted molar refractivity (Wildman–Crippen MR) is 69.4 cm³/mol. The molecule has 1 nitrogen and oxygen atoms in total. The standard InChI is InChI=1S/C13H15NS/c1-9-10(2)15-13-8-11(4-3-7-14)5-6-12(9)13/h3-6,8H,7,14H2,1-2H3/b4-3+. The lowest BCUT2D eigenvalue weighted by atomic mass is 10.1. The van der Waals surface area contributed by atoms with E-state index in [1.165, 1.54) is 26.1 Å². The molecule has 1 aromatic carbocycles. The van der Waals surface area contributed by atoms with Crippen LogP contribution < -0.4 is 5.73 Å². The number of hydrogen-bond donors (Lipinski definition) is 1. The molecule has 2 rings (SSSR count). The lowest BCUT2D eigenvalue weighted by Gasteiger charge is -1.95. The van der Waals surface area contributed by atoms with Gasteiger partial charge in [-0.3, -0.25) is 0 Å². The number of fused-ring (bicyclic) bond motifs is 1. The third kappa shape index (κ3) is 1.96. The van der Waals surface area contributed by atoms with E-state index in [9.17, 15) is 0 Å². The molecule has 0 atom stereocenters. The molecule has 0 radical (unpaired) electrons. The lowest BCUT2D eigenvalue weighted by molar-refractivity contribution is 1.26. The topological polar surface area (TPSA) is 26.0 Å². The molecule has 78 valence electrons. The third-order valence-corrected chi connectivity index (χ3v) is 3.82. The molecule has 0 fully saturated rings. The fraction of sp³-hybridized carbons (Fsp3) is 0.231. The summed E-state index contributed by atoms with van der Waals surface area (Å²) in [7, 11) is 0. The average molecular weight is 217 g/mol. The summed E-state index contributed by atoms with van der Waals surface area (Å²) in [6, 6.07) is 6.57. The Morgan fingerprint density at radius 2 is 2.13 bits per heavy atom. The first kappa shape index (κ1) is 10.4. The van der Waals surface area contributed by atoms with Gasteiger partial charge in [-0.1, -0.05) is 24.3 Å². The number of thiophene rings is 1. The molecule has 0 bridgehead atoms. The van der Waals surface area contributed by atoms with E-state index in [0.29, 0.717) is 6.54 Å². The molecule has 0 spiro atoms. The summed E-state index contributed by atoms with van der Waals surface area (Å²) in [4.78, 5) is 1.41. The van der Waals surface area contributed by atoms with Crippen molar-refractivity contribution in [3.8, 4) is 0 Å². The van der Waals surface area contributed by atoms with Crippen molar-refractivity contribution in [1.82, 2.24) is 0 Å². The third-order valence-electron chi connectivity index (χ3n) is 2.65. The first-order valence-corrected chi connectivity index (χ1v) is 5.90. The molecule has 0 aliphatic carbocycles. The Hall–Kier alpha value is -1.12. The zero-order valence-corrected chi connectivity index (χ0v) is 9.90. The van der Waals surface area contributed by atoms with Crippen LogP contribution in [0.15, 0.2) is 24.3 Å². The highest BCUT2D eigenvalue weighted by atomic mass is 32.1. The molecular weight excluding hydrogens is 202 g/mol. The van der Waals surface area contributed by atoms with Gasteiger partial charge in [0.1, 0.15) is 0 Å². The normalized spacial score (nSPS) is 11.7. The Morgan fingerprint density at radius 1 is 1.33 bits per heavy atom. The van der Waals surface area contributed by atoms with Gasteiger partial charge in [0.2, 0.25) is 0 Å². The minimum Gasteiger partial charge on any atom is -0.327 e. The summed E-state index contributed by atoms with van der Waals surface area (Å²) in [6.07, 6.45) is 4.05. The van der Waals surface area contributed by atoms with E-state index in [2.05, 4.69) is 38.1 Å². The van der Waals surface area contributed by atoms with Crippen LogP contribution in [0.4, 0.5) is 0 Å². The van der Waals surface area contributed by atoms with Gasteiger partial charge < -0.3 is 5.73 Å². The second kappa shape index (κ2) is 4.17. The molecule has 1 heterocycles. The smallest absolute Gasteiger partial charge is 0.0354 e. The van der Waals surface area contributed by atoms with E-state index in [0.717, 1.165) is 0 Å². The van der Waals surface area contributed by atoms with Gasteiger partial charge in [0.05, 0.1) is 0 Å². The van der Waals surface area contributed by atoms with E-state index in [1.807, 2.05) is 17.4 Å². The summed E-state index contributed by atoms with van der Waals surface area (Å²) in [5.41, 5.74) is 8.07. The zero-order valence-electron chi connectivity index (χ0n) is 9.08. The quantitative estimate of drug-likeness (QED) is 0.818. The van der Waals surface area contributed by atoms with Gasteiger partial charge in [0.25, 0.3) is 0 Å². The molecule has 0 unspecified atom stereocenters. The Bertz CT molecular complexity index is 508. The van der Waals surface area contributed by atoms with Crippen molar-refractivity contribution in [3.05, 3.63) is 40.3 Å². The first-order valence-electron chi connectivity index (χ1n) is 5.08. The predicted octanol–water partition coefficient (Wildman–Crippen LogP) is 3.49. The zero-order chi connectivity index (χ0) is 10.8. The number of hydrogen-bond acceptors (Lipinski definition) is 2. The molecule has 0 aliphatic rings. The number of nitrogens with two attached hydrogens (primary N) is 1. The Morgan fingerprint density at radius 3 is 2.87 bits per heavy atom. The summed E-state index contributed by atoms with van der Waals surface area (Å²) in [6.45, 7) is 4.96. The van der Waals surface area contributed by atoms with Gasteiger partial charge in [0.15, 0.2) is 0 Å². The second-order valence-electron chi connectivity index (χ2n) is 3.68. The molecule has 1 aromatic heterocycles. The average Bonchev–Trinajstić information content (AvgIpc) is 2.52. The summed E-state index contributed by atoms with van der Waals surface area (Å²) in [5.74, 6) is 0. The maximum absolute atomic E-state index is 5.43. The monoisotopic (exact) mass is 217 g/mol. The minimum atomic E-state index is 0.598. The molecule has 0 saturated heterocycles. The van der Waals surface area contributed by atoms with Crippen LogP contribution in [0.5, 0.6) is 0 Å². The largest absolute Gasteiger partial charge is 0.327 e. The fourth-order valence-electron chi connectivity index (χ4n) is 1.67. The molecular formula is C13H15NS. The SMILES string of the molecule is Cc1sc2cc(/C=C/CN)ccc2c1C. The van der Waals surface area contributed by atoms with Crippen molar-refractivity contribution in [2.45, 2.75) is 13.8 Å². The highest BCUT2D eigenvalue weighted by molar-refractivity contribution is 7.19. The molecule has 2 aromatic rings. The molecule has 0 aliphatic heterocycles. The first-order chi connectivity index (χ1) is 7.22. The maximum Gasteiger partial charge on any atom is 0.0354 e. The lowest BCUT2D eigenvalue weighted by Crippen LogP contribution is -1.91. The van der Waals surface area contributed by atoms with E-state index < -0.39 is 0 Å². The van der Waals surface area contributed by atoms with E-state index in [-0.39, 0.29) is 0 Å². The van der Waals surface area contributed by atoms with Gasteiger partial charge >= 0.3 is 0 Å². The van der Waals surface area contributed by atoms with Crippen LogP contribution in [0.1, 0.15) is 16.0 Å². The highest BCUT2D eigenvalue weighted by Gasteiger charge is 2.04. The van der Waals surface area contributed by atoms with Crippen molar-refractivity contribution in [2.24, 2.45) is 5.73 Å². The van der Waals surface area contributed by atoms with Crippen LogP contribution in [0.3, 0.4) is 0 Å². The summed E-state index contributed by atoms with van der Waals surface area (Å²) < 4.78 is 1.36.